The maximum atomic E-state index is 5.98. The zero-order valence-electron chi connectivity index (χ0n) is 11.4. The Morgan fingerprint density at radius 1 is 1.33 bits per heavy atom. The molecule has 4 rings (SSSR count). The number of fused-ring (bicyclic) bond motifs is 2. The van der Waals surface area contributed by atoms with Crippen LogP contribution in [0, 0.1) is 0 Å². The molecule has 0 radical (unpaired) electrons. The highest BCUT2D eigenvalue weighted by atomic mass is 35.5. The molecule has 3 aromatic rings. The maximum absolute atomic E-state index is 5.98. The third-order valence-electron chi connectivity index (χ3n) is 3.84. The number of hydrogen-bond acceptors (Lipinski definition) is 4. The second-order valence-corrected chi connectivity index (χ2v) is 5.76. The van der Waals surface area contributed by atoms with Gasteiger partial charge in [-0.25, -0.2) is 14.6 Å². The minimum Gasteiger partial charge on any atom is -0.306 e. The van der Waals surface area contributed by atoms with Crippen LogP contribution in [0.25, 0.3) is 5.65 Å². The molecule has 4 heterocycles. The molecule has 0 bridgehead atoms. The van der Waals surface area contributed by atoms with Crippen LogP contribution in [0.4, 0.5) is 0 Å². The molecule has 1 N–H and O–H groups in total. The van der Waals surface area contributed by atoms with Crippen molar-refractivity contribution in [3.05, 3.63) is 47.4 Å². The van der Waals surface area contributed by atoms with E-state index in [0.717, 1.165) is 43.1 Å². The fourth-order valence-electron chi connectivity index (χ4n) is 2.76. The first-order valence-corrected chi connectivity index (χ1v) is 7.39. The van der Waals surface area contributed by atoms with E-state index in [-0.39, 0.29) is 0 Å². The molecular weight excluding hydrogens is 288 g/mol. The van der Waals surface area contributed by atoms with E-state index in [4.69, 9.17) is 11.6 Å². The molecule has 0 amide bonds. The molecule has 7 heteroatoms. The van der Waals surface area contributed by atoms with Crippen molar-refractivity contribution in [2.24, 2.45) is 0 Å². The van der Waals surface area contributed by atoms with E-state index in [9.17, 15) is 0 Å². The topological polar surface area (TPSA) is 60.0 Å². The molecule has 0 aliphatic carbocycles. The molecule has 1 atom stereocenters. The van der Waals surface area contributed by atoms with E-state index in [1.807, 2.05) is 33.6 Å². The zero-order valence-corrected chi connectivity index (χ0v) is 12.2. The number of rotatable bonds is 3. The predicted octanol–water partition coefficient (Wildman–Crippen LogP) is 1.68. The van der Waals surface area contributed by atoms with Crippen LogP contribution >= 0.6 is 11.6 Å². The van der Waals surface area contributed by atoms with Crippen LogP contribution in [0.5, 0.6) is 0 Å². The van der Waals surface area contributed by atoms with Crippen molar-refractivity contribution in [3.63, 3.8) is 0 Å². The summed E-state index contributed by atoms with van der Waals surface area (Å²) in [6.07, 6.45) is 7.56. The van der Waals surface area contributed by atoms with Crippen molar-refractivity contribution in [1.29, 1.82) is 0 Å². The van der Waals surface area contributed by atoms with Gasteiger partial charge in [0, 0.05) is 31.4 Å². The summed E-state index contributed by atoms with van der Waals surface area (Å²) in [5, 5.41) is 8.50. The van der Waals surface area contributed by atoms with E-state index < -0.39 is 0 Å². The van der Waals surface area contributed by atoms with Gasteiger partial charge in [-0.2, -0.15) is 5.10 Å². The lowest BCUT2D eigenvalue weighted by Gasteiger charge is -2.23. The normalized spacial score (nSPS) is 18.0. The van der Waals surface area contributed by atoms with E-state index in [2.05, 4.69) is 20.4 Å². The van der Waals surface area contributed by atoms with E-state index >= 15 is 0 Å². The smallest absolute Gasteiger partial charge is 0.138 e. The van der Waals surface area contributed by atoms with Gasteiger partial charge in [0.05, 0.1) is 17.3 Å². The van der Waals surface area contributed by atoms with Crippen molar-refractivity contribution < 1.29 is 0 Å². The Bertz CT molecular complexity index is 777. The third kappa shape index (κ3) is 2.52. The van der Waals surface area contributed by atoms with E-state index in [1.165, 1.54) is 0 Å². The summed E-state index contributed by atoms with van der Waals surface area (Å²) in [7, 11) is 0. The van der Waals surface area contributed by atoms with Gasteiger partial charge in [-0.1, -0.05) is 11.6 Å². The number of nitrogens with one attached hydrogen (secondary N) is 1. The fraction of sp³-hybridized carbons (Fsp3) is 0.357. The van der Waals surface area contributed by atoms with Gasteiger partial charge in [-0.05, 0) is 18.6 Å². The minimum atomic E-state index is 0.410. The molecule has 0 aromatic carbocycles. The monoisotopic (exact) mass is 302 g/mol. The van der Waals surface area contributed by atoms with Crippen molar-refractivity contribution in [2.75, 3.05) is 0 Å². The summed E-state index contributed by atoms with van der Waals surface area (Å²) >= 11 is 5.98. The van der Waals surface area contributed by atoms with Gasteiger partial charge >= 0.3 is 0 Å². The largest absolute Gasteiger partial charge is 0.306 e. The molecule has 0 fully saturated rings. The Morgan fingerprint density at radius 3 is 3.24 bits per heavy atom. The van der Waals surface area contributed by atoms with Gasteiger partial charge in [0.15, 0.2) is 0 Å². The third-order valence-corrected chi connectivity index (χ3v) is 4.07. The summed E-state index contributed by atoms with van der Waals surface area (Å²) in [4.78, 5) is 8.82. The van der Waals surface area contributed by atoms with Gasteiger partial charge in [-0.15, -0.1) is 0 Å². The highest BCUT2D eigenvalue weighted by Gasteiger charge is 2.19. The lowest BCUT2D eigenvalue weighted by Crippen LogP contribution is -2.37. The Hall–Kier alpha value is -1.92. The Morgan fingerprint density at radius 2 is 2.29 bits per heavy atom. The number of imidazole rings is 1. The Labute approximate surface area is 126 Å². The van der Waals surface area contributed by atoms with Crippen molar-refractivity contribution in [3.8, 4) is 0 Å². The molecule has 6 nitrogen and oxygen atoms in total. The quantitative estimate of drug-likeness (QED) is 0.800. The molecule has 1 aliphatic rings. The van der Waals surface area contributed by atoms with Gasteiger partial charge < -0.3 is 9.72 Å². The lowest BCUT2D eigenvalue weighted by atomic mass is 10.1. The molecule has 108 valence electrons. The molecule has 21 heavy (non-hydrogen) atoms. The van der Waals surface area contributed by atoms with Crippen LogP contribution in [-0.2, 0) is 19.5 Å². The standard InChI is InChI=1S/C14H15ClN6/c15-10-1-3-14-19-12(7-20(14)6-10)5-16-11-2-4-13-17-9-18-21(13)8-11/h1,3,6-7,9,11,16H,2,4-5,8H2. The second kappa shape index (κ2) is 5.13. The van der Waals surface area contributed by atoms with E-state index in [0.29, 0.717) is 11.1 Å². The first-order chi connectivity index (χ1) is 10.3. The molecule has 1 aliphatic heterocycles. The molecule has 1 unspecified atom stereocenters. The number of nitrogens with zero attached hydrogens (tertiary/aromatic N) is 5. The Kier molecular flexibility index (Phi) is 3.12. The van der Waals surface area contributed by atoms with Crippen LogP contribution < -0.4 is 5.32 Å². The Balaban J connectivity index is 1.44. The molecule has 3 aromatic heterocycles. The summed E-state index contributed by atoms with van der Waals surface area (Å²) in [5.74, 6) is 1.08. The van der Waals surface area contributed by atoms with Gasteiger partial charge in [0.1, 0.15) is 17.8 Å². The van der Waals surface area contributed by atoms with E-state index in [1.54, 1.807) is 6.33 Å². The van der Waals surface area contributed by atoms with Crippen LogP contribution in [0.15, 0.2) is 30.9 Å². The summed E-state index contributed by atoms with van der Waals surface area (Å²) in [6, 6.07) is 4.19. The van der Waals surface area contributed by atoms with Gasteiger partial charge in [0.25, 0.3) is 0 Å². The number of halogens is 1. The highest BCUT2D eigenvalue weighted by Crippen LogP contribution is 2.14. The van der Waals surface area contributed by atoms with Crippen molar-refractivity contribution >= 4 is 17.2 Å². The number of hydrogen-bond donors (Lipinski definition) is 1. The second-order valence-electron chi connectivity index (χ2n) is 5.32. The van der Waals surface area contributed by atoms with Gasteiger partial charge in [-0.3, -0.25) is 0 Å². The SMILES string of the molecule is Clc1ccc2nc(CNC3CCc4ncnn4C3)cn2c1. The fourth-order valence-corrected chi connectivity index (χ4v) is 2.92. The average molecular weight is 303 g/mol. The number of aryl methyl sites for hydroxylation is 1. The lowest BCUT2D eigenvalue weighted by molar-refractivity contribution is 0.357. The molecular formula is C14H15ClN6. The first-order valence-electron chi connectivity index (χ1n) is 7.01. The average Bonchev–Trinajstić information content (AvgIpc) is 3.09. The summed E-state index contributed by atoms with van der Waals surface area (Å²) < 4.78 is 3.93. The summed E-state index contributed by atoms with van der Waals surface area (Å²) in [5.41, 5.74) is 1.93. The molecule has 0 saturated carbocycles. The zero-order chi connectivity index (χ0) is 14.2. The van der Waals surface area contributed by atoms with Crippen LogP contribution in [0.3, 0.4) is 0 Å². The minimum absolute atomic E-state index is 0.410. The predicted molar refractivity (Wildman–Crippen MR) is 79.2 cm³/mol. The van der Waals surface area contributed by atoms with Crippen LogP contribution in [0.1, 0.15) is 17.9 Å². The van der Waals surface area contributed by atoms with Crippen LogP contribution in [-0.4, -0.2) is 30.2 Å². The summed E-state index contributed by atoms with van der Waals surface area (Å²) in [6.45, 7) is 1.61. The molecule has 0 saturated heterocycles. The molecule has 0 spiro atoms. The number of aromatic nitrogens is 5. The van der Waals surface area contributed by atoms with Gasteiger partial charge in [0.2, 0.25) is 0 Å². The van der Waals surface area contributed by atoms with Crippen LogP contribution in [0.2, 0.25) is 5.02 Å². The van der Waals surface area contributed by atoms with Crippen molar-refractivity contribution in [1.82, 2.24) is 29.5 Å². The first kappa shape index (κ1) is 12.8. The maximum Gasteiger partial charge on any atom is 0.138 e. The van der Waals surface area contributed by atoms with Crippen molar-refractivity contribution in [2.45, 2.75) is 32.0 Å². The highest BCUT2D eigenvalue weighted by molar-refractivity contribution is 6.30. The number of pyridine rings is 1.